The van der Waals surface area contributed by atoms with Crippen LogP contribution in [0.5, 0.6) is 0 Å². The zero-order chi connectivity index (χ0) is 58.5. The van der Waals surface area contributed by atoms with E-state index in [1.165, 1.54) is 7.11 Å². The molecule has 0 aromatic heterocycles. The largest absolute Gasteiger partial charge is 0.519 e. The summed E-state index contributed by atoms with van der Waals surface area (Å²) < 4.78 is 28.9. The number of aliphatic hydroxyl groups excluding tert-OH is 2. The number of benzene rings is 2. The molecule has 4 aliphatic heterocycles. The number of amides is 4. The lowest BCUT2D eigenvalue weighted by molar-refractivity contribution is -0.145. The lowest BCUT2D eigenvalue weighted by atomic mass is 10.1. The lowest BCUT2D eigenvalue weighted by Gasteiger charge is -2.25. The molecule has 0 aliphatic carbocycles. The maximum Gasteiger partial charge on any atom is 0.519 e. The van der Waals surface area contributed by atoms with Gasteiger partial charge in [0, 0.05) is 83.1 Å². The van der Waals surface area contributed by atoms with Crippen molar-refractivity contribution in [2.45, 2.75) is 165 Å². The smallest absolute Gasteiger partial charge is 0.469 e. The third-order valence-corrected chi connectivity index (χ3v) is 11.9. The van der Waals surface area contributed by atoms with E-state index in [4.69, 9.17) is 33.9 Å². The van der Waals surface area contributed by atoms with Crippen molar-refractivity contribution in [3.8, 4) is 0 Å². The third kappa shape index (κ3) is 28.2. The summed E-state index contributed by atoms with van der Waals surface area (Å²) in [5, 5.41) is 18.0. The van der Waals surface area contributed by atoms with Crippen LogP contribution >= 0.6 is 13.5 Å². The van der Waals surface area contributed by atoms with Crippen LogP contribution in [-0.4, -0.2) is 160 Å². The van der Waals surface area contributed by atoms with Crippen molar-refractivity contribution in [3.63, 3.8) is 0 Å². The number of carbonyl (C=O) groups excluding carboxylic acids is 8. The van der Waals surface area contributed by atoms with Crippen LogP contribution in [-0.2, 0) is 47.6 Å². The average molecular weight is 1140 g/mol. The molecule has 4 aliphatic rings. The molecule has 79 heavy (non-hydrogen) atoms. The summed E-state index contributed by atoms with van der Waals surface area (Å²) in [6.07, 6.45) is 0.559. The number of hydrogen-bond acceptors (Lipinski definition) is 16. The second kappa shape index (κ2) is 33.6. The Kier molecular flexibility index (Phi) is 31.1. The number of aldehydes is 1. The zero-order valence-electron chi connectivity index (χ0n) is 48.7. The highest BCUT2D eigenvalue weighted by Gasteiger charge is 2.38. The molecular weight excluding hydrogens is 1040 g/mol. The second-order valence-electron chi connectivity index (χ2n) is 23.3. The van der Waals surface area contributed by atoms with Crippen molar-refractivity contribution < 1.29 is 77.0 Å². The minimum atomic E-state index is -1.06. The van der Waals surface area contributed by atoms with Gasteiger partial charge in [0.15, 0.2) is 0 Å². The molecule has 4 saturated heterocycles. The number of ether oxygens (including phenoxy) is 6. The van der Waals surface area contributed by atoms with Crippen LogP contribution in [0.4, 0.5) is 19.2 Å². The van der Waals surface area contributed by atoms with Gasteiger partial charge in [-0.3, -0.25) is 14.4 Å². The molecule has 6 rings (SSSR count). The van der Waals surface area contributed by atoms with Gasteiger partial charge in [0.2, 0.25) is 11.8 Å². The molecule has 4 amide bonds. The van der Waals surface area contributed by atoms with Gasteiger partial charge in [-0.15, -0.1) is 0 Å². The topological polar surface area (TPSA) is 245 Å². The van der Waals surface area contributed by atoms with E-state index in [0.717, 1.165) is 30.3 Å². The summed E-state index contributed by atoms with van der Waals surface area (Å²) in [5.74, 6) is -0.138. The minimum absolute atomic E-state index is 0. The Balaban J connectivity index is 0.000000960. The molecule has 0 radical (unpaired) electrons. The first-order chi connectivity index (χ1) is 35.7. The monoisotopic (exact) mass is 1130 g/mol. The average Bonchev–Trinajstić information content (AvgIpc) is 4.17. The SMILES string of the molecule is C.CC(C)(C)OC(=O)N1CC[C@H](C=O)C1.CC(C)(C)OC(=O)N1CC[C@H](CO)C1.CC(C)(C)OC(=O)OC(=O)OC(C)(C)C.COC(=O)[C@H]1CC(=O)N([C@@H](C)c2ccccc2)C1.C[C@@H](c1ccccc1)N1C[C@@H](CO)CC1=O.S. The molecule has 2 N–H and O–H groups in total. The van der Waals surface area contributed by atoms with Crippen LogP contribution in [0.3, 0.4) is 0 Å². The number of methoxy groups -OCH3 is 1. The number of likely N-dealkylation sites (tertiary alicyclic amines) is 4. The Labute approximate surface area is 476 Å². The van der Waals surface area contributed by atoms with E-state index < -0.39 is 34.7 Å². The van der Waals surface area contributed by atoms with Gasteiger partial charge in [-0.2, -0.15) is 13.5 Å². The summed E-state index contributed by atoms with van der Waals surface area (Å²) >= 11 is 0. The number of hydrogen-bond donors (Lipinski definition) is 2. The van der Waals surface area contributed by atoms with Crippen molar-refractivity contribution in [2.24, 2.45) is 23.7 Å². The van der Waals surface area contributed by atoms with E-state index in [1.807, 2.05) is 121 Å². The van der Waals surface area contributed by atoms with Crippen LogP contribution in [0, 0.1) is 23.7 Å². The van der Waals surface area contributed by atoms with Gasteiger partial charge in [-0.1, -0.05) is 68.1 Å². The lowest BCUT2D eigenvalue weighted by Crippen LogP contribution is -2.35. The second-order valence-corrected chi connectivity index (χ2v) is 23.3. The first-order valence-corrected chi connectivity index (χ1v) is 26.2. The van der Waals surface area contributed by atoms with Gasteiger partial charge in [-0.25, -0.2) is 19.2 Å². The summed E-state index contributed by atoms with van der Waals surface area (Å²) in [6.45, 7) is 28.9. The quantitative estimate of drug-likeness (QED) is 0.108. The Bertz CT molecular complexity index is 2180. The number of carbonyl (C=O) groups is 8. The molecule has 0 saturated carbocycles. The predicted octanol–water partition coefficient (Wildman–Crippen LogP) is 9.66. The number of aliphatic hydroxyl groups is 2. The number of esters is 1. The minimum Gasteiger partial charge on any atom is -0.469 e. The van der Waals surface area contributed by atoms with Crippen molar-refractivity contribution in [1.29, 1.82) is 0 Å². The van der Waals surface area contributed by atoms with Crippen molar-refractivity contribution in [3.05, 3.63) is 71.8 Å². The van der Waals surface area contributed by atoms with Crippen molar-refractivity contribution in [2.75, 3.05) is 59.6 Å². The summed E-state index contributed by atoms with van der Waals surface area (Å²) in [7, 11) is 1.36. The van der Waals surface area contributed by atoms with Crippen LogP contribution in [0.25, 0.3) is 0 Å². The molecule has 21 heteroatoms. The molecule has 20 nitrogen and oxygen atoms in total. The normalized spacial score (nSPS) is 19.5. The molecule has 4 fully saturated rings. The Hall–Kier alpha value is -5.93. The Morgan fingerprint density at radius 1 is 0.582 bits per heavy atom. The molecule has 2 aromatic rings. The molecule has 0 spiro atoms. The van der Waals surface area contributed by atoms with Gasteiger partial charge in [0.1, 0.15) is 28.7 Å². The fourth-order valence-corrected chi connectivity index (χ4v) is 8.03. The molecular formula is C58H94N4O16S. The van der Waals surface area contributed by atoms with Crippen LogP contribution < -0.4 is 0 Å². The fourth-order valence-electron chi connectivity index (χ4n) is 8.03. The molecule has 0 bridgehead atoms. The highest BCUT2D eigenvalue weighted by molar-refractivity contribution is 7.59. The Morgan fingerprint density at radius 3 is 1.33 bits per heavy atom. The van der Waals surface area contributed by atoms with Gasteiger partial charge in [-0.05, 0) is 121 Å². The van der Waals surface area contributed by atoms with E-state index in [2.05, 4.69) is 4.74 Å². The molecule has 6 atom stereocenters. The van der Waals surface area contributed by atoms with Gasteiger partial charge >= 0.3 is 30.5 Å². The standard InChI is InChI=1S/C14H17NO3.C13H17NO2.C10H19NO3.C10H17NO3.C10H18O5.CH4.H2S/c1-10(11-6-4-3-5-7-11)15-9-12(8-13(15)16)14(17)18-2;1-10(12-5-3-2-4-6-12)14-8-11(9-15)7-13(14)16;2*1-10(2,3)14-9(13)11-5-4-8(6-11)7-12;1-9(2,3)14-7(11)13-8(12)15-10(4,5)6;;/h3-7,10,12H,8-9H2,1-2H3;2-6,10-11,15H,7-9H2,1H3;8,12H,4-7H2,1-3H3;7-8H,4-6H2,1-3H3;1-6H3;1H4;1H2/t10-,12-;10-,11-;2*8-;;;/m0000.../s1. The van der Waals surface area contributed by atoms with Crippen molar-refractivity contribution in [1.82, 2.24) is 19.6 Å². The van der Waals surface area contributed by atoms with E-state index in [0.29, 0.717) is 45.7 Å². The third-order valence-electron chi connectivity index (χ3n) is 11.9. The van der Waals surface area contributed by atoms with Gasteiger partial charge < -0.3 is 63.0 Å². The molecule has 448 valence electrons. The number of nitrogens with zero attached hydrogens (tertiary/aromatic N) is 4. The molecule has 4 heterocycles. The highest BCUT2D eigenvalue weighted by atomic mass is 32.1. The van der Waals surface area contributed by atoms with E-state index in [-0.39, 0.29) is 106 Å². The van der Waals surface area contributed by atoms with Gasteiger partial charge in [0.25, 0.3) is 0 Å². The molecule has 0 unspecified atom stereocenters. The molecule has 2 aromatic carbocycles. The van der Waals surface area contributed by atoms with Gasteiger partial charge in [0.05, 0.1) is 25.1 Å². The summed E-state index contributed by atoms with van der Waals surface area (Å²) in [5.41, 5.74) is -0.0612. The Morgan fingerprint density at radius 2 is 0.975 bits per heavy atom. The van der Waals surface area contributed by atoms with E-state index >= 15 is 0 Å². The maximum atomic E-state index is 11.9. The van der Waals surface area contributed by atoms with Crippen LogP contribution in [0.2, 0.25) is 0 Å². The van der Waals surface area contributed by atoms with Crippen molar-refractivity contribution >= 4 is 62.1 Å². The first-order valence-electron chi connectivity index (χ1n) is 26.2. The van der Waals surface area contributed by atoms with Crippen LogP contribution in [0.15, 0.2) is 60.7 Å². The van der Waals surface area contributed by atoms with Crippen LogP contribution in [0.1, 0.15) is 153 Å². The highest BCUT2D eigenvalue weighted by Crippen LogP contribution is 2.30. The zero-order valence-corrected chi connectivity index (χ0v) is 49.7. The number of rotatable bonds is 8. The first kappa shape index (κ1) is 73.1. The van der Waals surface area contributed by atoms with E-state index in [9.17, 15) is 38.4 Å². The summed E-state index contributed by atoms with van der Waals surface area (Å²) in [6, 6.07) is 19.9. The predicted molar refractivity (Wildman–Crippen MR) is 304 cm³/mol. The fraction of sp³-hybridized carbons (Fsp3) is 0.655. The summed E-state index contributed by atoms with van der Waals surface area (Å²) in [4.78, 5) is 97.6. The van der Waals surface area contributed by atoms with E-state index in [1.54, 1.807) is 56.2 Å². The maximum absolute atomic E-state index is 11.9.